The second-order valence-electron chi connectivity index (χ2n) is 4.83. The van der Waals surface area contributed by atoms with Crippen molar-refractivity contribution in [2.45, 2.75) is 43.1 Å². The van der Waals surface area contributed by atoms with Crippen LogP contribution in [0.15, 0.2) is 52.3 Å². The number of hydrogen-bond acceptors (Lipinski definition) is 2. The van der Waals surface area contributed by atoms with Crippen molar-refractivity contribution in [1.29, 1.82) is 0 Å². The van der Waals surface area contributed by atoms with Gasteiger partial charge in [-0.25, -0.2) is 0 Å². The van der Waals surface area contributed by atoms with Crippen molar-refractivity contribution in [3.63, 3.8) is 0 Å². The van der Waals surface area contributed by atoms with E-state index in [2.05, 4.69) is 38.1 Å². The van der Waals surface area contributed by atoms with Crippen LogP contribution in [0.4, 0.5) is 0 Å². The third kappa shape index (κ3) is 3.40. The van der Waals surface area contributed by atoms with E-state index in [9.17, 15) is 5.11 Å². The third-order valence-corrected chi connectivity index (χ3v) is 4.48. The summed E-state index contributed by atoms with van der Waals surface area (Å²) in [5.74, 6) is 0. The normalized spacial score (nSPS) is 12.4. The molecule has 2 heteroatoms. The zero-order valence-corrected chi connectivity index (χ0v) is 12.5. The van der Waals surface area contributed by atoms with Crippen LogP contribution in [0.5, 0.6) is 0 Å². The Bertz CT molecular complexity index is 563. The SMILES string of the molecule is CC[C@@H](O)c1ccccc1Sc1ccc(C)cc1C. The molecule has 0 saturated heterocycles. The molecule has 2 aromatic carbocycles. The van der Waals surface area contributed by atoms with E-state index >= 15 is 0 Å². The van der Waals surface area contributed by atoms with Gasteiger partial charge >= 0.3 is 0 Å². The van der Waals surface area contributed by atoms with E-state index in [4.69, 9.17) is 0 Å². The van der Waals surface area contributed by atoms with Crippen molar-refractivity contribution in [2.75, 3.05) is 0 Å². The molecule has 0 spiro atoms. The average Bonchev–Trinajstić information content (AvgIpc) is 2.41. The third-order valence-electron chi connectivity index (χ3n) is 3.22. The first kappa shape index (κ1) is 14.2. The summed E-state index contributed by atoms with van der Waals surface area (Å²) in [4.78, 5) is 2.39. The van der Waals surface area contributed by atoms with Crippen molar-refractivity contribution in [3.8, 4) is 0 Å². The predicted molar refractivity (Wildman–Crippen MR) is 81.7 cm³/mol. The highest BCUT2D eigenvalue weighted by Crippen LogP contribution is 2.35. The molecule has 0 heterocycles. The van der Waals surface area contributed by atoms with Gasteiger partial charge in [-0.3, -0.25) is 0 Å². The monoisotopic (exact) mass is 272 g/mol. The van der Waals surface area contributed by atoms with Gasteiger partial charge in [0.2, 0.25) is 0 Å². The second kappa shape index (κ2) is 6.27. The molecule has 19 heavy (non-hydrogen) atoms. The van der Waals surface area contributed by atoms with Gasteiger partial charge in [0.15, 0.2) is 0 Å². The maximum absolute atomic E-state index is 10.1. The van der Waals surface area contributed by atoms with E-state index in [1.54, 1.807) is 11.8 Å². The molecule has 1 atom stereocenters. The Balaban J connectivity index is 2.33. The van der Waals surface area contributed by atoms with E-state index in [0.717, 1.165) is 16.9 Å². The first-order valence-corrected chi connectivity index (χ1v) is 7.45. The van der Waals surface area contributed by atoms with Gasteiger partial charge in [-0.15, -0.1) is 0 Å². The Morgan fingerprint density at radius 3 is 2.47 bits per heavy atom. The number of aliphatic hydroxyl groups excluding tert-OH is 1. The Labute approximate surface area is 119 Å². The molecule has 2 aromatic rings. The maximum atomic E-state index is 10.1. The minimum Gasteiger partial charge on any atom is -0.388 e. The molecule has 0 aliphatic carbocycles. The molecule has 100 valence electrons. The first-order chi connectivity index (χ1) is 9.11. The van der Waals surface area contributed by atoms with Gasteiger partial charge in [-0.2, -0.15) is 0 Å². The number of aliphatic hydroxyl groups is 1. The van der Waals surface area contributed by atoms with E-state index in [1.165, 1.54) is 16.0 Å². The van der Waals surface area contributed by atoms with Crippen LogP contribution in [0.2, 0.25) is 0 Å². The highest BCUT2D eigenvalue weighted by atomic mass is 32.2. The van der Waals surface area contributed by atoms with Gasteiger partial charge in [-0.05, 0) is 43.5 Å². The zero-order valence-electron chi connectivity index (χ0n) is 11.7. The van der Waals surface area contributed by atoms with E-state index in [0.29, 0.717) is 0 Å². The Hall–Kier alpha value is -1.25. The van der Waals surface area contributed by atoms with Crippen molar-refractivity contribution in [1.82, 2.24) is 0 Å². The van der Waals surface area contributed by atoms with E-state index < -0.39 is 0 Å². The van der Waals surface area contributed by atoms with Gasteiger partial charge < -0.3 is 5.11 Å². The van der Waals surface area contributed by atoms with E-state index in [1.807, 2.05) is 25.1 Å². The minimum absolute atomic E-state index is 0.380. The van der Waals surface area contributed by atoms with Crippen molar-refractivity contribution < 1.29 is 5.11 Å². The van der Waals surface area contributed by atoms with Gasteiger partial charge in [0, 0.05) is 9.79 Å². The molecule has 0 aromatic heterocycles. The molecule has 0 unspecified atom stereocenters. The lowest BCUT2D eigenvalue weighted by atomic mass is 10.1. The predicted octanol–water partition coefficient (Wildman–Crippen LogP) is 4.90. The minimum atomic E-state index is -0.380. The molecular formula is C17H20OS. The summed E-state index contributed by atoms with van der Waals surface area (Å²) in [6.07, 6.45) is 0.360. The zero-order chi connectivity index (χ0) is 13.8. The summed E-state index contributed by atoms with van der Waals surface area (Å²) < 4.78 is 0. The fourth-order valence-corrected chi connectivity index (χ4v) is 3.16. The molecule has 0 aliphatic heterocycles. The molecule has 0 fully saturated rings. The molecule has 1 N–H and O–H groups in total. The molecule has 0 saturated carbocycles. The van der Waals surface area contributed by atoms with Crippen LogP contribution in [-0.4, -0.2) is 5.11 Å². The van der Waals surface area contributed by atoms with Gasteiger partial charge in [0.1, 0.15) is 0 Å². The fourth-order valence-electron chi connectivity index (χ4n) is 2.10. The van der Waals surface area contributed by atoms with Crippen molar-refractivity contribution in [2.24, 2.45) is 0 Å². The Morgan fingerprint density at radius 1 is 1.05 bits per heavy atom. The molecule has 1 nitrogen and oxygen atoms in total. The summed E-state index contributed by atoms with van der Waals surface area (Å²) in [6.45, 7) is 6.24. The first-order valence-electron chi connectivity index (χ1n) is 6.64. The van der Waals surface area contributed by atoms with Gasteiger partial charge in [0.25, 0.3) is 0 Å². The van der Waals surface area contributed by atoms with Crippen LogP contribution in [-0.2, 0) is 0 Å². The van der Waals surface area contributed by atoms with Crippen LogP contribution in [0, 0.1) is 13.8 Å². The topological polar surface area (TPSA) is 20.2 Å². The summed E-state index contributed by atoms with van der Waals surface area (Å²) in [7, 11) is 0. The lowest BCUT2D eigenvalue weighted by Crippen LogP contribution is -1.97. The maximum Gasteiger partial charge on any atom is 0.0798 e. The lowest BCUT2D eigenvalue weighted by molar-refractivity contribution is 0.171. The molecule has 0 radical (unpaired) electrons. The fraction of sp³-hybridized carbons (Fsp3) is 0.294. The number of benzene rings is 2. The van der Waals surface area contributed by atoms with Gasteiger partial charge in [0.05, 0.1) is 6.10 Å². The average molecular weight is 272 g/mol. The molecular weight excluding hydrogens is 252 g/mol. The van der Waals surface area contributed by atoms with Crippen LogP contribution in [0.25, 0.3) is 0 Å². The van der Waals surface area contributed by atoms with Crippen LogP contribution in [0.1, 0.15) is 36.1 Å². The summed E-state index contributed by atoms with van der Waals surface area (Å²) >= 11 is 1.73. The van der Waals surface area contributed by atoms with Crippen LogP contribution >= 0.6 is 11.8 Å². The standard InChI is InChI=1S/C17H20OS/c1-4-15(18)14-7-5-6-8-17(14)19-16-10-9-12(2)11-13(16)3/h5-11,15,18H,4H2,1-3H3/t15-/m1/s1. The number of rotatable bonds is 4. The molecule has 0 aliphatic rings. The van der Waals surface area contributed by atoms with Crippen LogP contribution in [0.3, 0.4) is 0 Å². The second-order valence-corrected chi connectivity index (χ2v) is 5.92. The highest BCUT2D eigenvalue weighted by molar-refractivity contribution is 7.99. The van der Waals surface area contributed by atoms with E-state index in [-0.39, 0.29) is 6.10 Å². The smallest absolute Gasteiger partial charge is 0.0798 e. The molecule has 0 amide bonds. The number of aryl methyl sites for hydroxylation is 2. The molecule has 2 rings (SSSR count). The Kier molecular flexibility index (Phi) is 4.67. The molecule has 0 bridgehead atoms. The van der Waals surface area contributed by atoms with Gasteiger partial charge in [-0.1, -0.05) is 54.6 Å². The van der Waals surface area contributed by atoms with Crippen molar-refractivity contribution in [3.05, 3.63) is 59.2 Å². The number of hydrogen-bond donors (Lipinski definition) is 1. The summed E-state index contributed by atoms with van der Waals surface area (Å²) in [5.41, 5.74) is 3.59. The quantitative estimate of drug-likeness (QED) is 0.854. The largest absolute Gasteiger partial charge is 0.388 e. The lowest BCUT2D eigenvalue weighted by Gasteiger charge is -2.14. The summed E-state index contributed by atoms with van der Waals surface area (Å²) in [5, 5.41) is 10.1. The van der Waals surface area contributed by atoms with Crippen LogP contribution < -0.4 is 0 Å². The Morgan fingerprint density at radius 2 is 1.79 bits per heavy atom. The highest BCUT2D eigenvalue weighted by Gasteiger charge is 2.11. The van der Waals surface area contributed by atoms with Crippen molar-refractivity contribution >= 4 is 11.8 Å². The summed E-state index contributed by atoms with van der Waals surface area (Å²) in [6, 6.07) is 14.6.